The normalized spacial score (nSPS) is 10.4. The average Bonchev–Trinajstić information content (AvgIpc) is 3.06. The van der Waals surface area contributed by atoms with Crippen LogP contribution in [0, 0.1) is 13.1 Å². The summed E-state index contributed by atoms with van der Waals surface area (Å²) in [5.41, 5.74) is 12.2. The standard InChI is InChI=1S/C23H16N4/c1-25-19-8-6-16(7-9-19)14-27-15-22(17-4-3-5-18(24)12-17)21-13-20(26-2)10-11-23(21)27/h3-13,15H,14,24H2. The van der Waals surface area contributed by atoms with Gasteiger partial charge in [-0.2, -0.15) is 0 Å². The highest BCUT2D eigenvalue weighted by Gasteiger charge is 2.12. The highest BCUT2D eigenvalue weighted by Crippen LogP contribution is 2.34. The van der Waals surface area contributed by atoms with Crippen LogP contribution in [0.3, 0.4) is 0 Å². The van der Waals surface area contributed by atoms with Gasteiger partial charge in [-0.05, 0) is 40.8 Å². The topological polar surface area (TPSA) is 39.7 Å². The van der Waals surface area contributed by atoms with Crippen molar-refractivity contribution in [2.45, 2.75) is 6.54 Å². The van der Waals surface area contributed by atoms with Crippen LogP contribution < -0.4 is 5.73 Å². The molecule has 0 amide bonds. The zero-order chi connectivity index (χ0) is 18.8. The van der Waals surface area contributed by atoms with Crippen LogP contribution in [-0.2, 0) is 6.54 Å². The summed E-state index contributed by atoms with van der Waals surface area (Å²) < 4.78 is 2.18. The van der Waals surface area contributed by atoms with Crippen molar-refractivity contribution in [2.24, 2.45) is 0 Å². The molecule has 1 heterocycles. The van der Waals surface area contributed by atoms with E-state index < -0.39 is 0 Å². The van der Waals surface area contributed by atoms with Gasteiger partial charge < -0.3 is 10.3 Å². The van der Waals surface area contributed by atoms with Gasteiger partial charge in [0.2, 0.25) is 0 Å². The third-order valence-electron chi connectivity index (χ3n) is 4.61. The number of hydrogen-bond donors (Lipinski definition) is 1. The van der Waals surface area contributed by atoms with Crippen LogP contribution in [0.25, 0.3) is 31.7 Å². The molecule has 1 aromatic heterocycles. The van der Waals surface area contributed by atoms with Crippen LogP contribution >= 0.6 is 0 Å². The summed E-state index contributed by atoms with van der Waals surface area (Å²) in [6.45, 7) is 15.1. The molecule has 0 atom stereocenters. The first-order chi connectivity index (χ1) is 13.2. The van der Waals surface area contributed by atoms with E-state index in [0.717, 1.165) is 27.6 Å². The highest BCUT2D eigenvalue weighted by atomic mass is 15.0. The summed E-state index contributed by atoms with van der Waals surface area (Å²) in [5.74, 6) is 0. The van der Waals surface area contributed by atoms with Crippen LogP contribution in [0.1, 0.15) is 5.56 Å². The Morgan fingerprint density at radius 3 is 2.30 bits per heavy atom. The first kappa shape index (κ1) is 16.4. The summed E-state index contributed by atoms with van der Waals surface area (Å²) in [6, 6.07) is 21.2. The van der Waals surface area contributed by atoms with E-state index in [-0.39, 0.29) is 0 Å². The van der Waals surface area contributed by atoms with Crippen molar-refractivity contribution < 1.29 is 0 Å². The van der Waals surface area contributed by atoms with Crippen LogP contribution in [0.2, 0.25) is 0 Å². The second-order valence-electron chi connectivity index (χ2n) is 6.39. The molecular weight excluding hydrogens is 332 g/mol. The summed E-state index contributed by atoms with van der Waals surface area (Å²) >= 11 is 0. The number of anilines is 1. The molecule has 27 heavy (non-hydrogen) atoms. The monoisotopic (exact) mass is 348 g/mol. The van der Waals surface area contributed by atoms with E-state index in [1.54, 1.807) is 0 Å². The number of rotatable bonds is 3. The molecule has 4 heteroatoms. The van der Waals surface area contributed by atoms with Crippen molar-refractivity contribution in [1.29, 1.82) is 0 Å². The van der Waals surface area contributed by atoms with E-state index in [1.807, 2.05) is 66.7 Å². The summed E-state index contributed by atoms with van der Waals surface area (Å²) in [4.78, 5) is 7.02. The molecule has 0 radical (unpaired) electrons. The quantitative estimate of drug-likeness (QED) is 0.356. The minimum absolute atomic E-state index is 0.617. The fourth-order valence-corrected chi connectivity index (χ4v) is 3.29. The van der Waals surface area contributed by atoms with Gasteiger partial charge >= 0.3 is 0 Å². The molecule has 0 saturated carbocycles. The average molecular weight is 348 g/mol. The number of benzene rings is 3. The highest BCUT2D eigenvalue weighted by molar-refractivity contribution is 5.98. The molecule has 0 unspecified atom stereocenters. The first-order valence-corrected chi connectivity index (χ1v) is 8.50. The molecule has 0 aliphatic rings. The van der Waals surface area contributed by atoms with Crippen molar-refractivity contribution in [1.82, 2.24) is 4.57 Å². The Bertz CT molecular complexity index is 1220. The molecule has 4 rings (SSSR count). The van der Waals surface area contributed by atoms with Gasteiger partial charge in [-0.1, -0.05) is 42.5 Å². The number of nitrogens with zero attached hydrogens (tertiary/aromatic N) is 3. The number of fused-ring (bicyclic) bond motifs is 1. The van der Waals surface area contributed by atoms with Gasteiger partial charge in [-0.15, -0.1) is 0 Å². The maximum atomic E-state index is 7.33. The molecule has 2 N–H and O–H groups in total. The summed E-state index contributed by atoms with van der Waals surface area (Å²) in [6.07, 6.45) is 2.11. The maximum Gasteiger partial charge on any atom is 0.188 e. The minimum Gasteiger partial charge on any atom is -0.399 e. The van der Waals surface area contributed by atoms with Gasteiger partial charge in [0.1, 0.15) is 0 Å². The van der Waals surface area contributed by atoms with E-state index in [0.29, 0.717) is 23.6 Å². The molecular formula is C23H16N4. The fraction of sp³-hybridized carbons (Fsp3) is 0.0435. The predicted octanol–water partition coefficient (Wildman–Crippen LogP) is 6.04. The van der Waals surface area contributed by atoms with Gasteiger partial charge in [-0.3, -0.25) is 0 Å². The Balaban J connectivity index is 1.86. The number of hydrogen-bond acceptors (Lipinski definition) is 1. The lowest BCUT2D eigenvalue weighted by Gasteiger charge is -2.06. The Kier molecular flexibility index (Phi) is 4.09. The maximum absolute atomic E-state index is 7.33. The molecule has 0 aliphatic heterocycles. The van der Waals surface area contributed by atoms with E-state index in [2.05, 4.69) is 20.5 Å². The second-order valence-corrected chi connectivity index (χ2v) is 6.39. The van der Waals surface area contributed by atoms with Crippen molar-refractivity contribution in [3.05, 3.63) is 101 Å². The molecule has 128 valence electrons. The van der Waals surface area contributed by atoms with E-state index in [1.165, 1.54) is 0 Å². The molecule has 4 nitrogen and oxygen atoms in total. The summed E-state index contributed by atoms with van der Waals surface area (Å²) in [5, 5.41) is 1.03. The first-order valence-electron chi connectivity index (χ1n) is 8.50. The van der Waals surface area contributed by atoms with Crippen molar-refractivity contribution in [3.8, 4) is 11.1 Å². The van der Waals surface area contributed by atoms with Crippen molar-refractivity contribution in [2.75, 3.05) is 5.73 Å². The zero-order valence-corrected chi connectivity index (χ0v) is 14.6. The molecule has 0 fully saturated rings. The van der Waals surface area contributed by atoms with E-state index in [9.17, 15) is 0 Å². The zero-order valence-electron chi connectivity index (χ0n) is 14.6. The lowest BCUT2D eigenvalue weighted by molar-refractivity contribution is 0.838. The molecule has 0 aliphatic carbocycles. The number of aromatic nitrogens is 1. The minimum atomic E-state index is 0.617. The Labute approximate surface area is 157 Å². The number of nitrogens with two attached hydrogens (primary N) is 1. The van der Waals surface area contributed by atoms with Crippen LogP contribution in [0.15, 0.2) is 72.9 Å². The second kappa shape index (κ2) is 6.71. The van der Waals surface area contributed by atoms with Gasteiger partial charge in [0.15, 0.2) is 11.4 Å². The van der Waals surface area contributed by atoms with E-state index >= 15 is 0 Å². The van der Waals surface area contributed by atoms with Gasteiger partial charge in [-0.25, -0.2) is 9.69 Å². The Morgan fingerprint density at radius 1 is 0.852 bits per heavy atom. The van der Waals surface area contributed by atoms with Gasteiger partial charge in [0, 0.05) is 29.5 Å². The van der Waals surface area contributed by atoms with Crippen LogP contribution in [0.5, 0.6) is 0 Å². The fourth-order valence-electron chi connectivity index (χ4n) is 3.29. The predicted molar refractivity (Wildman–Crippen MR) is 110 cm³/mol. The summed E-state index contributed by atoms with van der Waals surface area (Å²) in [7, 11) is 0. The SMILES string of the molecule is [C-]#[N+]c1ccc(Cn2cc(-c3cccc(N)c3)c3cc([N+]#[C-])ccc32)cc1. The van der Waals surface area contributed by atoms with Gasteiger partial charge in [0.25, 0.3) is 0 Å². The lowest BCUT2D eigenvalue weighted by atomic mass is 10.0. The van der Waals surface area contributed by atoms with Crippen LogP contribution in [-0.4, -0.2) is 4.57 Å². The molecule has 0 bridgehead atoms. The Hall–Kier alpha value is -4.02. The van der Waals surface area contributed by atoms with Crippen molar-refractivity contribution >= 4 is 28.0 Å². The molecule has 0 saturated heterocycles. The van der Waals surface area contributed by atoms with Crippen LogP contribution in [0.4, 0.5) is 17.1 Å². The van der Waals surface area contributed by atoms with Gasteiger partial charge in [0.05, 0.1) is 13.1 Å². The van der Waals surface area contributed by atoms with Crippen molar-refractivity contribution in [3.63, 3.8) is 0 Å². The molecule has 3 aromatic carbocycles. The van der Waals surface area contributed by atoms with E-state index in [4.69, 9.17) is 18.9 Å². The molecule has 4 aromatic rings. The number of nitrogen functional groups attached to an aromatic ring is 1. The third kappa shape index (κ3) is 3.13. The third-order valence-corrected chi connectivity index (χ3v) is 4.61. The molecule has 0 spiro atoms. The lowest BCUT2D eigenvalue weighted by Crippen LogP contribution is -1.97. The Morgan fingerprint density at radius 2 is 1.59 bits per heavy atom. The largest absolute Gasteiger partial charge is 0.399 e. The smallest absolute Gasteiger partial charge is 0.188 e.